The normalized spacial score (nSPS) is 20.0. The maximum absolute atomic E-state index is 11.8. The molecule has 1 atom stereocenters. The average molecular weight is 263 g/mol. The van der Waals surface area contributed by atoms with Crippen molar-refractivity contribution in [2.45, 2.75) is 18.9 Å². The van der Waals surface area contributed by atoms with Crippen LogP contribution in [0.15, 0.2) is 18.2 Å². The molecule has 1 aromatic carbocycles. The van der Waals surface area contributed by atoms with Crippen molar-refractivity contribution in [3.63, 3.8) is 0 Å². The Kier molecular flexibility index (Phi) is 4.27. The Morgan fingerprint density at radius 2 is 2.32 bits per heavy atom. The van der Waals surface area contributed by atoms with Gasteiger partial charge in [0, 0.05) is 24.0 Å². The molecule has 5 heteroatoms. The van der Waals surface area contributed by atoms with E-state index in [0.717, 1.165) is 31.6 Å². The number of rotatable bonds is 3. The molecule has 0 aromatic heterocycles. The van der Waals surface area contributed by atoms with Crippen LogP contribution in [0.1, 0.15) is 23.2 Å². The summed E-state index contributed by atoms with van der Waals surface area (Å²) in [7, 11) is 3.49. The van der Waals surface area contributed by atoms with Crippen molar-refractivity contribution >= 4 is 17.3 Å². The number of nitrogens with one attached hydrogen (secondary N) is 1. The van der Waals surface area contributed by atoms with Crippen molar-refractivity contribution in [1.29, 1.82) is 0 Å². The number of hydrogen-bond donors (Lipinski definition) is 2. The minimum atomic E-state index is -0.362. The third kappa shape index (κ3) is 3.38. The molecule has 0 spiro atoms. The van der Waals surface area contributed by atoms with Crippen molar-refractivity contribution in [3.8, 4) is 0 Å². The summed E-state index contributed by atoms with van der Waals surface area (Å²) in [5.41, 5.74) is 7.58. The molecule has 3 N–H and O–H groups in total. The maximum Gasteiger partial charge on any atom is 0.340 e. The highest BCUT2D eigenvalue weighted by molar-refractivity contribution is 5.96. The van der Waals surface area contributed by atoms with E-state index in [9.17, 15) is 4.79 Å². The van der Waals surface area contributed by atoms with Crippen molar-refractivity contribution < 1.29 is 9.53 Å². The van der Waals surface area contributed by atoms with Gasteiger partial charge in [-0.05, 0) is 44.6 Å². The van der Waals surface area contributed by atoms with Crippen LogP contribution < -0.4 is 11.1 Å². The molecule has 1 heterocycles. The van der Waals surface area contributed by atoms with Crippen molar-refractivity contribution in [3.05, 3.63) is 23.8 Å². The standard InChI is InChI=1S/C14H21N3O2/c1-17-7-3-4-11(9-17)16-13-6-5-10(15)8-12(13)14(18)19-2/h5-6,8,11,16H,3-4,7,9,15H2,1-2H3. The highest BCUT2D eigenvalue weighted by atomic mass is 16.5. The number of likely N-dealkylation sites (N-methyl/N-ethyl adjacent to an activating group) is 1. The average Bonchev–Trinajstić information content (AvgIpc) is 2.40. The third-order valence-electron chi connectivity index (χ3n) is 3.43. The zero-order valence-corrected chi connectivity index (χ0v) is 11.5. The molecular formula is C14H21N3O2. The van der Waals surface area contributed by atoms with Gasteiger partial charge in [0.25, 0.3) is 0 Å². The first-order chi connectivity index (χ1) is 9.10. The molecule has 0 radical (unpaired) electrons. The van der Waals surface area contributed by atoms with Gasteiger partial charge in [-0.2, -0.15) is 0 Å². The Morgan fingerprint density at radius 3 is 3.00 bits per heavy atom. The zero-order chi connectivity index (χ0) is 13.8. The summed E-state index contributed by atoms with van der Waals surface area (Å²) in [4.78, 5) is 14.1. The Morgan fingerprint density at radius 1 is 1.53 bits per heavy atom. The van der Waals surface area contributed by atoms with Crippen LogP contribution in [0, 0.1) is 0 Å². The molecule has 1 fully saturated rings. The number of nitrogen functional groups attached to an aromatic ring is 1. The van der Waals surface area contributed by atoms with E-state index in [1.165, 1.54) is 7.11 Å². The SMILES string of the molecule is COC(=O)c1cc(N)ccc1NC1CCCN(C)C1. The maximum atomic E-state index is 11.8. The Bertz CT molecular complexity index is 462. The Hall–Kier alpha value is -1.75. The van der Waals surface area contributed by atoms with Crippen molar-refractivity contribution in [2.24, 2.45) is 0 Å². The second kappa shape index (κ2) is 5.93. The van der Waals surface area contributed by atoms with Gasteiger partial charge in [0.1, 0.15) is 0 Å². The molecule has 0 bridgehead atoms. The number of ether oxygens (including phenoxy) is 1. The molecule has 5 nitrogen and oxygen atoms in total. The van der Waals surface area contributed by atoms with E-state index in [-0.39, 0.29) is 5.97 Å². The monoisotopic (exact) mass is 263 g/mol. The number of nitrogens with two attached hydrogens (primary N) is 1. The smallest absolute Gasteiger partial charge is 0.340 e. The van der Waals surface area contributed by atoms with Crippen molar-refractivity contribution in [1.82, 2.24) is 4.90 Å². The molecule has 1 aromatic rings. The number of likely N-dealkylation sites (tertiary alicyclic amines) is 1. The number of anilines is 2. The van der Waals surface area contributed by atoms with Gasteiger partial charge in [-0.1, -0.05) is 0 Å². The number of methoxy groups -OCH3 is 1. The van der Waals surface area contributed by atoms with Crippen LogP contribution in [-0.4, -0.2) is 44.2 Å². The Labute approximate surface area is 113 Å². The molecule has 1 unspecified atom stereocenters. The van der Waals surface area contributed by atoms with E-state index in [1.807, 2.05) is 6.07 Å². The summed E-state index contributed by atoms with van der Waals surface area (Å²) in [6, 6.07) is 5.64. The summed E-state index contributed by atoms with van der Waals surface area (Å²) in [6.07, 6.45) is 2.27. The van der Waals surface area contributed by atoms with Crippen molar-refractivity contribution in [2.75, 3.05) is 38.3 Å². The second-order valence-electron chi connectivity index (χ2n) is 5.04. The fourth-order valence-electron chi connectivity index (χ4n) is 2.47. The summed E-state index contributed by atoms with van der Waals surface area (Å²) in [5.74, 6) is -0.362. The molecular weight excluding hydrogens is 242 g/mol. The minimum Gasteiger partial charge on any atom is -0.465 e. The summed E-state index contributed by atoms with van der Waals surface area (Å²) < 4.78 is 4.80. The fraction of sp³-hybridized carbons (Fsp3) is 0.500. The van der Waals surface area contributed by atoms with Crippen LogP contribution in [0.25, 0.3) is 0 Å². The first-order valence-corrected chi connectivity index (χ1v) is 6.53. The van der Waals surface area contributed by atoms with Crippen LogP contribution in [0.4, 0.5) is 11.4 Å². The first-order valence-electron chi connectivity index (χ1n) is 6.53. The molecule has 1 saturated heterocycles. The van der Waals surface area contributed by atoms with Gasteiger partial charge in [0.2, 0.25) is 0 Å². The van der Waals surface area contributed by atoms with E-state index < -0.39 is 0 Å². The number of esters is 1. The van der Waals surface area contributed by atoms with Gasteiger partial charge >= 0.3 is 5.97 Å². The summed E-state index contributed by atoms with van der Waals surface area (Å²) in [6.45, 7) is 2.11. The lowest BCUT2D eigenvalue weighted by molar-refractivity contribution is 0.0602. The number of benzene rings is 1. The minimum absolute atomic E-state index is 0.353. The molecule has 104 valence electrons. The molecule has 0 saturated carbocycles. The van der Waals surface area contributed by atoms with E-state index in [4.69, 9.17) is 10.5 Å². The second-order valence-corrected chi connectivity index (χ2v) is 5.04. The highest BCUT2D eigenvalue weighted by Crippen LogP contribution is 2.22. The lowest BCUT2D eigenvalue weighted by atomic mass is 10.0. The van der Waals surface area contributed by atoms with E-state index in [0.29, 0.717) is 17.3 Å². The number of carbonyl (C=O) groups is 1. The van der Waals surface area contributed by atoms with Gasteiger partial charge in [0.15, 0.2) is 0 Å². The van der Waals surface area contributed by atoms with Crippen LogP contribution in [0.3, 0.4) is 0 Å². The third-order valence-corrected chi connectivity index (χ3v) is 3.43. The topological polar surface area (TPSA) is 67.6 Å². The van der Waals surface area contributed by atoms with Gasteiger partial charge in [-0.3, -0.25) is 0 Å². The lowest BCUT2D eigenvalue weighted by Gasteiger charge is -2.31. The molecule has 19 heavy (non-hydrogen) atoms. The summed E-state index contributed by atoms with van der Waals surface area (Å²) >= 11 is 0. The first kappa shape index (κ1) is 13.7. The van der Waals surface area contributed by atoms with E-state index in [2.05, 4.69) is 17.3 Å². The van der Waals surface area contributed by atoms with Gasteiger partial charge in [-0.15, -0.1) is 0 Å². The molecule has 0 amide bonds. The predicted octanol–water partition coefficient (Wildman–Crippen LogP) is 1.56. The van der Waals surface area contributed by atoms with Crippen LogP contribution in [0.2, 0.25) is 0 Å². The van der Waals surface area contributed by atoms with E-state index >= 15 is 0 Å². The van der Waals surface area contributed by atoms with Crippen LogP contribution >= 0.6 is 0 Å². The number of nitrogens with zero attached hydrogens (tertiary/aromatic N) is 1. The Balaban J connectivity index is 2.17. The number of piperidine rings is 1. The predicted molar refractivity (Wildman–Crippen MR) is 76.3 cm³/mol. The van der Waals surface area contributed by atoms with Gasteiger partial charge in [0.05, 0.1) is 12.7 Å². The molecule has 1 aliphatic heterocycles. The highest BCUT2D eigenvalue weighted by Gasteiger charge is 2.19. The zero-order valence-electron chi connectivity index (χ0n) is 11.5. The van der Waals surface area contributed by atoms with Gasteiger partial charge < -0.3 is 20.7 Å². The lowest BCUT2D eigenvalue weighted by Crippen LogP contribution is -2.40. The van der Waals surface area contributed by atoms with Gasteiger partial charge in [-0.25, -0.2) is 4.79 Å². The molecule has 2 rings (SSSR count). The quantitative estimate of drug-likeness (QED) is 0.640. The van der Waals surface area contributed by atoms with E-state index in [1.54, 1.807) is 12.1 Å². The largest absolute Gasteiger partial charge is 0.465 e. The molecule has 0 aliphatic carbocycles. The van der Waals surface area contributed by atoms with Crippen LogP contribution in [0.5, 0.6) is 0 Å². The van der Waals surface area contributed by atoms with Crippen LogP contribution in [-0.2, 0) is 4.74 Å². The fourth-order valence-corrected chi connectivity index (χ4v) is 2.47. The molecule has 1 aliphatic rings. The number of hydrogen-bond acceptors (Lipinski definition) is 5. The summed E-state index contributed by atoms with van der Waals surface area (Å²) in [5, 5.41) is 3.42. The number of carbonyl (C=O) groups excluding carboxylic acids is 1.